The Balaban J connectivity index is 1.25. The third-order valence-corrected chi connectivity index (χ3v) is 7.62. The Bertz CT molecular complexity index is 1730. The molecule has 2 aliphatic rings. The maximum atomic E-state index is 13.6. The number of anilines is 2. The summed E-state index contributed by atoms with van der Waals surface area (Å²) in [5.41, 5.74) is 3.36. The van der Waals surface area contributed by atoms with Gasteiger partial charge in [-0.15, -0.1) is 0 Å². The van der Waals surface area contributed by atoms with Crippen LogP contribution in [0.15, 0.2) is 72.9 Å². The van der Waals surface area contributed by atoms with Crippen LogP contribution in [-0.2, 0) is 20.9 Å². The van der Waals surface area contributed by atoms with Crippen LogP contribution in [0.4, 0.5) is 11.4 Å². The number of rotatable bonds is 6. The molecule has 0 atom stereocenters. The molecule has 206 valence electrons. The summed E-state index contributed by atoms with van der Waals surface area (Å²) in [6.45, 7) is 0.0809. The van der Waals surface area contributed by atoms with Crippen molar-refractivity contribution >= 4 is 52.0 Å². The molecule has 0 spiro atoms. The molecule has 41 heavy (non-hydrogen) atoms. The van der Waals surface area contributed by atoms with Gasteiger partial charge in [-0.05, 0) is 66.9 Å². The Morgan fingerprint density at radius 3 is 2.56 bits per heavy atom. The van der Waals surface area contributed by atoms with Crippen molar-refractivity contribution in [2.45, 2.75) is 37.8 Å². The van der Waals surface area contributed by atoms with Crippen molar-refractivity contribution < 1.29 is 24.3 Å². The lowest BCUT2D eigenvalue weighted by Crippen LogP contribution is -2.55. The first-order valence-corrected chi connectivity index (χ1v) is 13.3. The van der Waals surface area contributed by atoms with E-state index in [1.807, 2.05) is 22.8 Å². The predicted octanol–water partition coefficient (Wildman–Crippen LogP) is 4.43. The summed E-state index contributed by atoms with van der Waals surface area (Å²) in [6.07, 6.45) is 6.82. The lowest BCUT2D eigenvalue weighted by Gasteiger charge is -2.29. The van der Waals surface area contributed by atoms with Gasteiger partial charge in [-0.2, -0.15) is 0 Å². The first-order valence-electron chi connectivity index (χ1n) is 13.3. The van der Waals surface area contributed by atoms with E-state index >= 15 is 0 Å². The number of nitrogens with zero attached hydrogens (tertiary/aromatic N) is 2. The molecule has 1 fully saturated rings. The number of benzene rings is 2. The fraction of sp³-hybridized carbons (Fsp3) is 0.194. The van der Waals surface area contributed by atoms with Crippen molar-refractivity contribution in [1.82, 2.24) is 14.9 Å². The van der Waals surface area contributed by atoms with E-state index in [4.69, 9.17) is 5.11 Å². The number of aliphatic carboxylic acids is 1. The molecule has 10 heteroatoms. The normalized spacial score (nSPS) is 15.6. The smallest absolute Gasteiger partial charge is 0.328 e. The summed E-state index contributed by atoms with van der Waals surface area (Å²) in [5.74, 6) is -1.89. The van der Waals surface area contributed by atoms with Crippen LogP contribution in [0.1, 0.15) is 41.6 Å². The summed E-state index contributed by atoms with van der Waals surface area (Å²) in [6, 6.07) is 17.6. The molecule has 1 saturated carbocycles. The number of carboxylic acid groups (broad SMARTS) is 1. The number of carboxylic acids is 1. The fourth-order valence-electron chi connectivity index (χ4n) is 5.58. The monoisotopic (exact) mass is 549 g/mol. The molecule has 0 unspecified atom stereocenters. The highest BCUT2D eigenvalue weighted by atomic mass is 16.4. The molecule has 1 aliphatic heterocycles. The average Bonchev–Trinajstić information content (AvgIpc) is 3.55. The Hall–Kier alpha value is -5.25. The molecule has 2 aromatic carbocycles. The Labute approximate surface area is 235 Å². The van der Waals surface area contributed by atoms with Gasteiger partial charge >= 0.3 is 5.97 Å². The minimum Gasteiger partial charge on any atom is -0.478 e. The zero-order valence-corrected chi connectivity index (χ0v) is 22.0. The van der Waals surface area contributed by atoms with Crippen LogP contribution < -0.4 is 16.0 Å². The minimum absolute atomic E-state index is 0.0809. The number of nitrogens with one attached hydrogen (secondary N) is 3. The number of carbonyl (C=O) groups excluding carboxylic acids is 3. The lowest BCUT2D eigenvalue weighted by molar-refractivity contribution is -0.131. The van der Waals surface area contributed by atoms with Gasteiger partial charge in [0.15, 0.2) is 0 Å². The highest BCUT2D eigenvalue weighted by Gasteiger charge is 2.42. The second kappa shape index (κ2) is 10.4. The molecule has 3 amide bonds. The van der Waals surface area contributed by atoms with E-state index in [2.05, 4.69) is 20.9 Å². The van der Waals surface area contributed by atoms with E-state index in [1.54, 1.807) is 48.7 Å². The molecule has 0 bridgehead atoms. The first-order chi connectivity index (χ1) is 19.8. The van der Waals surface area contributed by atoms with E-state index in [9.17, 15) is 19.2 Å². The van der Waals surface area contributed by atoms with Crippen LogP contribution in [0.5, 0.6) is 0 Å². The molecule has 4 N–H and O–H groups in total. The van der Waals surface area contributed by atoms with Crippen LogP contribution in [0.25, 0.3) is 28.4 Å². The van der Waals surface area contributed by atoms with Gasteiger partial charge in [-0.1, -0.05) is 31.0 Å². The molecule has 0 saturated heterocycles. The minimum atomic E-state index is -1.06. The molecule has 3 heterocycles. The van der Waals surface area contributed by atoms with Gasteiger partial charge in [-0.3, -0.25) is 19.4 Å². The highest BCUT2D eigenvalue weighted by molar-refractivity contribution is 6.06. The third-order valence-electron chi connectivity index (χ3n) is 7.62. The topological polar surface area (TPSA) is 142 Å². The van der Waals surface area contributed by atoms with E-state index in [-0.39, 0.29) is 24.3 Å². The summed E-state index contributed by atoms with van der Waals surface area (Å²) in [7, 11) is 0. The zero-order valence-electron chi connectivity index (χ0n) is 22.0. The summed E-state index contributed by atoms with van der Waals surface area (Å²) < 4.78 is 1.85. The summed E-state index contributed by atoms with van der Waals surface area (Å²) >= 11 is 0. The number of amides is 3. The maximum absolute atomic E-state index is 13.6. The van der Waals surface area contributed by atoms with Crippen LogP contribution in [-0.4, -0.2) is 43.9 Å². The molecular formula is C31H27N5O5. The summed E-state index contributed by atoms with van der Waals surface area (Å²) in [5, 5.41) is 18.5. The van der Waals surface area contributed by atoms with E-state index < -0.39 is 11.5 Å². The van der Waals surface area contributed by atoms with Crippen molar-refractivity contribution in [3.8, 4) is 11.4 Å². The van der Waals surface area contributed by atoms with Gasteiger partial charge in [0.05, 0.1) is 11.4 Å². The number of aromatic nitrogens is 2. The predicted molar refractivity (Wildman–Crippen MR) is 154 cm³/mol. The van der Waals surface area contributed by atoms with Crippen molar-refractivity contribution in [3.05, 3.63) is 84.1 Å². The second-order valence-electron chi connectivity index (χ2n) is 10.3. The average molecular weight is 550 g/mol. The number of fused-ring (bicyclic) bond motifs is 5. The van der Waals surface area contributed by atoms with Gasteiger partial charge in [0.2, 0.25) is 11.8 Å². The molecule has 10 nitrogen and oxygen atoms in total. The molecule has 0 radical (unpaired) electrons. The molecule has 4 aromatic rings. The second-order valence-corrected chi connectivity index (χ2v) is 10.3. The van der Waals surface area contributed by atoms with Gasteiger partial charge in [0.25, 0.3) is 5.91 Å². The maximum Gasteiger partial charge on any atom is 0.328 e. The zero-order chi connectivity index (χ0) is 28.6. The van der Waals surface area contributed by atoms with Crippen LogP contribution in [0, 0.1) is 0 Å². The number of hydrogen-bond donors (Lipinski definition) is 4. The Morgan fingerprint density at radius 2 is 1.80 bits per heavy atom. The third kappa shape index (κ3) is 5.07. The lowest BCUT2D eigenvalue weighted by atomic mass is 9.95. The molecule has 2 aromatic heterocycles. The summed E-state index contributed by atoms with van der Waals surface area (Å²) in [4.78, 5) is 54.9. The quantitative estimate of drug-likeness (QED) is 0.262. The van der Waals surface area contributed by atoms with Gasteiger partial charge in [0, 0.05) is 34.4 Å². The number of carbonyl (C=O) groups is 4. The Kier molecular flexibility index (Phi) is 6.58. The number of hydrogen-bond acceptors (Lipinski definition) is 5. The van der Waals surface area contributed by atoms with E-state index in [0.717, 1.165) is 35.5 Å². The fourth-order valence-corrected chi connectivity index (χ4v) is 5.58. The van der Waals surface area contributed by atoms with Crippen molar-refractivity contribution in [2.75, 3.05) is 10.6 Å². The van der Waals surface area contributed by atoms with Crippen LogP contribution >= 0.6 is 0 Å². The van der Waals surface area contributed by atoms with E-state index in [1.165, 1.54) is 6.08 Å². The standard InChI is InChI=1S/C31H27N5O5/c37-26-18-36-24-17-21(9-8-20(24)16-25(36)28-23(34-26)4-3-15-32-28)29(40)35-31(13-1-2-14-31)30(41)33-22-10-5-19(6-11-22)7-12-27(38)39/h3-12,15-17H,1-2,13-14,18H2,(H,33,41)(H,34,37)(H,35,40)(H,38,39)/b12-7+. The van der Waals surface area contributed by atoms with Crippen molar-refractivity contribution in [1.29, 1.82) is 0 Å². The number of pyridine rings is 1. The van der Waals surface area contributed by atoms with Crippen molar-refractivity contribution in [2.24, 2.45) is 0 Å². The first kappa shape index (κ1) is 26.0. The van der Waals surface area contributed by atoms with Crippen LogP contribution in [0.3, 0.4) is 0 Å². The highest BCUT2D eigenvalue weighted by Crippen LogP contribution is 2.35. The van der Waals surface area contributed by atoms with E-state index in [0.29, 0.717) is 41.0 Å². The Morgan fingerprint density at radius 1 is 1.02 bits per heavy atom. The molecule has 1 aliphatic carbocycles. The van der Waals surface area contributed by atoms with Gasteiger partial charge < -0.3 is 25.6 Å². The molecule has 6 rings (SSSR count). The largest absolute Gasteiger partial charge is 0.478 e. The molecular weight excluding hydrogens is 522 g/mol. The SMILES string of the molecule is O=C(O)/C=C/c1ccc(NC(=O)C2(NC(=O)c3ccc4cc5n(c4c3)CC(=O)Nc3cccnc3-5)CCCC2)cc1. The van der Waals surface area contributed by atoms with Gasteiger partial charge in [0.1, 0.15) is 17.8 Å². The van der Waals surface area contributed by atoms with Crippen LogP contribution in [0.2, 0.25) is 0 Å². The van der Waals surface area contributed by atoms with Crippen molar-refractivity contribution in [3.63, 3.8) is 0 Å². The van der Waals surface area contributed by atoms with Gasteiger partial charge in [-0.25, -0.2) is 4.79 Å².